The first-order chi connectivity index (χ1) is 8.38. The molecule has 4 nitrogen and oxygen atoms in total. The predicted molar refractivity (Wildman–Crippen MR) is 65.4 cm³/mol. The Hall–Kier alpha value is -1.75. The summed E-state index contributed by atoms with van der Waals surface area (Å²) in [6, 6.07) is 3.21. The average Bonchev–Trinajstić information content (AvgIpc) is 2.56. The smallest absolute Gasteiger partial charge is 0.141 e. The maximum Gasteiger partial charge on any atom is 0.141 e. The summed E-state index contributed by atoms with van der Waals surface area (Å²) >= 11 is 0. The van der Waals surface area contributed by atoms with E-state index in [1.807, 2.05) is 20.0 Å². The Morgan fingerprint density at radius 3 is 2.67 bits per heavy atom. The zero-order valence-corrected chi connectivity index (χ0v) is 10.7. The molecule has 2 heterocycles. The van der Waals surface area contributed by atoms with Gasteiger partial charge in [-0.3, -0.25) is 9.67 Å². The van der Waals surface area contributed by atoms with E-state index in [4.69, 9.17) is 0 Å². The highest BCUT2D eigenvalue weighted by Crippen LogP contribution is 2.25. The Bertz CT molecular complexity index is 563. The van der Waals surface area contributed by atoms with Crippen LogP contribution in [0.5, 0.6) is 0 Å². The molecule has 0 saturated heterocycles. The van der Waals surface area contributed by atoms with Crippen LogP contribution in [0.1, 0.15) is 23.9 Å². The van der Waals surface area contributed by atoms with E-state index >= 15 is 0 Å². The molecule has 0 aromatic carbocycles. The van der Waals surface area contributed by atoms with Crippen LogP contribution in [-0.4, -0.2) is 19.9 Å². The van der Waals surface area contributed by atoms with Gasteiger partial charge >= 0.3 is 0 Å². The van der Waals surface area contributed by atoms with Crippen molar-refractivity contribution in [3.63, 3.8) is 0 Å². The predicted octanol–water partition coefficient (Wildman–Crippen LogP) is 1.71. The highest BCUT2D eigenvalue weighted by atomic mass is 19.1. The fourth-order valence-electron chi connectivity index (χ4n) is 1.99. The molecule has 2 rings (SSSR count). The average molecular weight is 249 g/mol. The SMILES string of the molecule is Cc1cc(CC(C)(O)c2cncc(F)c2)n(C)n1. The molecule has 1 unspecified atom stereocenters. The van der Waals surface area contributed by atoms with Crippen LogP contribution in [0, 0.1) is 12.7 Å². The molecule has 0 aliphatic carbocycles. The Morgan fingerprint density at radius 2 is 2.11 bits per heavy atom. The lowest BCUT2D eigenvalue weighted by Crippen LogP contribution is -2.26. The molecule has 1 N–H and O–H groups in total. The van der Waals surface area contributed by atoms with Gasteiger partial charge in [0, 0.05) is 30.9 Å². The fraction of sp³-hybridized carbons (Fsp3) is 0.385. The maximum atomic E-state index is 13.1. The highest BCUT2D eigenvalue weighted by Gasteiger charge is 2.26. The normalized spacial score (nSPS) is 14.5. The van der Waals surface area contributed by atoms with Gasteiger partial charge in [0.15, 0.2) is 0 Å². The van der Waals surface area contributed by atoms with Gasteiger partial charge in [-0.2, -0.15) is 5.10 Å². The molecule has 0 fully saturated rings. The molecule has 1 atom stereocenters. The number of aryl methyl sites for hydroxylation is 2. The topological polar surface area (TPSA) is 50.9 Å². The summed E-state index contributed by atoms with van der Waals surface area (Å²) in [6.07, 6.45) is 2.95. The number of nitrogens with zero attached hydrogens (tertiary/aromatic N) is 3. The van der Waals surface area contributed by atoms with Crippen molar-refractivity contribution in [2.75, 3.05) is 0 Å². The molecule has 0 spiro atoms. The lowest BCUT2D eigenvalue weighted by Gasteiger charge is -2.23. The minimum Gasteiger partial charge on any atom is -0.385 e. The van der Waals surface area contributed by atoms with E-state index < -0.39 is 11.4 Å². The second-order valence-corrected chi connectivity index (χ2v) is 4.74. The third-order valence-corrected chi connectivity index (χ3v) is 2.95. The summed E-state index contributed by atoms with van der Waals surface area (Å²) in [5.41, 5.74) is 1.07. The highest BCUT2D eigenvalue weighted by molar-refractivity contribution is 5.22. The number of aliphatic hydroxyl groups is 1. The number of halogens is 1. The number of pyridine rings is 1. The van der Waals surface area contributed by atoms with E-state index in [-0.39, 0.29) is 0 Å². The van der Waals surface area contributed by atoms with Gasteiger partial charge in [-0.1, -0.05) is 0 Å². The first-order valence-corrected chi connectivity index (χ1v) is 5.71. The first-order valence-electron chi connectivity index (χ1n) is 5.71. The van der Waals surface area contributed by atoms with Crippen LogP contribution < -0.4 is 0 Å². The van der Waals surface area contributed by atoms with Crippen LogP contribution in [0.2, 0.25) is 0 Å². The monoisotopic (exact) mass is 249 g/mol. The lowest BCUT2D eigenvalue weighted by molar-refractivity contribution is 0.0549. The van der Waals surface area contributed by atoms with Crippen molar-refractivity contribution in [2.24, 2.45) is 7.05 Å². The summed E-state index contributed by atoms with van der Waals surface area (Å²) < 4.78 is 14.8. The molecular formula is C13H16FN3O. The number of rotatable bonds is 3. The maximum absolute atomic E-state index is 13.1. The number of hydrogen-bond acceptors (Lipinski definition) is 3. The molecule has 18 heavy (non-hydrogen) atoms. The van der Waals surface area contributed by atoms with Crippen molar-refractivity contribution in [1.29, 1.82) is 0 Å². The Morgan fingerprint density at radius 1 is 1.39 bits per heavy atom. The van der Waals surface area contributed by atoms with E-state index in [9.17, 15) is 9.50 Å². The molecule has 0 radical (unpaired) electrons. The molecule has 0 aliphatic rings. The molecule has 0 saturated carbocycles. The summed E-state index contributed by atoms with van der Waals surface area (Å²) in [5.74, 6) is -0.450. The van der Waals surface area contributed by atoms with Crippen LogP contribution in [0.4, 0.5) is 4.39 Å². The summed E-state index contributed by atoms with van der Waals surface area (Å²) in [7, 11) is 1.82. The Balaban J connectivity index is 2.29. The Kier molecular flexibility index (Phi) is 3.17. The summed E-state index contributed by atoms with van der Waals surface area (Å²) in [5, 5.41) is 14.7. The van der Waals surface area contributed by atoms with Crippen molar-refractivity contribution in [2.45, 2.75) is 25.9 Å². The van der Waals surface area contributed by atoms with Crippen LogP contribution in [0.25, 0.3) is 0 Å². The van der Waals surface area contributed by atoms with Gasteiger partial charge in [0.25, 0.3) is 0 Å². The van der Waals surface area contributed by atoms with Crippen molar-refractivity contribution in [1.82, 2.24) is 14.8 Å². The van der Waals surface area contributed by atoms with Gasteiger partial charge < -0.3 is 5.11 Å². The first kappa shape index (κ1) is 12.7. The van der Waals surface area contributed by atoms with Gasteiger partial charge in [0.2, 0.25) is 0 Å². The zero-order chi connectivity index (χ0) is 13.3. The summed E-state index contributed by atoms with van der Waals surface area (Å²) in [4.78, 5) is 3.76. The van der Waals surface area contributed by atoms with E-state index in [0.717, 1.165) is 17.6 Å². The van der Waals surface area contributed by atoms with E-state index in [1.165, 1.54) is 12.3 Å². The largest absolute Gasteiger partial charge is 0.385 e. The van der Waals surface area contributed by atoms with Crippen molar-refractivity contribution in [3.05, 3.63) is 47.3 Å². The van der Waals surface area contributed by atoms with Crippen molar-refractivity contribution < 1.29 is 9.50 Å². The standard InChI is InChI=1S/C13H16FN3O/c1-9-4-12(17(3)16-9)6-13(2,18)10-5-11(14)8-15-7-10/h4-5,7-8,18H,6H2,1-3H3. The molecule has 2 aromatic heterocycles. The minimum absolute atomic E-state index is 0.357. The summed E-state index contributed by atoms with van der Waals surface area (Å²) in [6.45, 7) is 3.54. The third-order valence-electron chi connectivity index (χ3n) is 2.95. The second kappa shape index (κ2) is 4.49. The van der Waals surface area contributed by atoms with E-state index in [2.05, 4.69) is 10.1 Å². The van der Waals surface area contributed by atoms with Crippen LogP contribution in [0.3, 0.4) is 0 Å². The van der Waals surface area contributed by atoms with Crippen LogP contribution in [-0.2, 0) is 19.1 Å². The molecular weight excluding hydrogens is 233 g/mol. The van der Waals surface area contributed by atoms with Gasteiger partial charge in [-0.25, -0.2) is 4.39 Å². The van der Waals surface area contributed by atoms with Gasteiger partial charge in [0.1, 0.15) is 5.82 Å². The molecule has 2 aromatic rings. The molecule has 0 aliphatic heterocycles. The number of aromatic nitrogens is 3. The third kappa shape index (κ3) is 2.56. The lowest BCUT2D eigenvalue weighted by atomic mass is 9.92. The van der Waals surface area contributed by atoms with E-state index in [1.54, 1.807) is 11.6 Å². The van der Waals surface area contributed by atoms with Crippen LogP contribution in [0.15, 0.2) is 24.5 Å². The van der Waals surface area contributed by atoms with Gasteiger partial charge in [-0.05, 0) is 26.0 Å². The fourth-order valence-corrected chi connectivity index (χ4v) is 1.99. The molecule has 0 bridgehead atoms. The minimum atomic E-state index is -1.17. The van der Waals surface area contributed by atoms with Crippen molar-refractivity contribution in [3.8, 4) is 0 Å². The zero-order valence-electron chi connectivity index (χ0n) is 10.7. The van der Waals surface area contributed by atoms with Crippen molar-refractivity contribution >= 4 is 0 Å². The van der Waals surface area contributed by atoms with Gasteiger partial charge in [0.05, 0.1) is 17.5 Å². The Labute approximate surface area is 105 Å². The number of hydrogen-bond donors (Lipinski definition) is 1. The molecule has 96 valence electrons. The van der Waals surface area contributed by atoms with Gasteiger partial charge in [-0.15, -0.1) is 0 Å². The van der Waals surface area contributed by atoms with E-state index in [0.29, 0.717) is 12.0 Å². The second-order valence-electron chi connectivity index (χ2n) is 4.74. The van der Waals surface area contributed by atoms with Crippen LogP contribution >= 0.6 is 0 Å². The molecule has 5 heteroatoms. The molecule has 0 amide bonds. The quantitative estimate of drug-likeness (QED) is 0.901.